The number of halogens is 1. The standard InChI is InChI=1S/C15H16ClN3/c1-10-17-14(16)9-15(18-10)19(2)13-8-7-11-5-3-4-6-12(11)13/h3-6,9,13H,7-8H2,1-2H3. The highest BCUT2D eigenvalue weighted by molar-refractivity contribution is 6.29. The highest BCUT2D eigenvalue weighted by Crippen LogP contribution is 2.36. The summed E-state index contributed by atoms with van der Waals surface area (Å²) >= 11 is 6.02. The Morgan fingerprint density at radius 1 is 1.26 bits per heavy atom. The summed E-state index contributed by atoms with van der Waals surface area (Å²) in [6, 6.07) is 10.8. The van der Waals surface area contributed by atoms with Gasteiger partial charge in [0.25, 0.3) is 0 Å². The van der Waals surface area contributed by atoms with Crippen LogP contribution in [0, 0.1) is 6.92 Å². The van der Waals surface area contributed by atoms with E-state index >= 15 is 0 Å². The van der Waals surface area contributed by atoms with Gasteiger partial charge in [-0.15, -0.1) is 0 Å². The van der Waals surface area contributed by atoms with Gasteiger partial charge in [-0.2, -0.15) is 0 Å². The number of fused-ring (bicyclic) bond motifs is 1. The van der Waals surface area contributed by atoms with E-state index < -0.39 is 0 Å². The Labute approximate surface area is 118 Å². The predicted molar refractivity (Wildman–Crippen MR) is 77.7 cm³/mol. The minimum atomic E-state index is 0.376. The summed E-state index contributed by atoms with van der Waals surface area (Å²) in [5.41, 5.74) is 2.84. The summed E-state index contributed by atoms with van der Waals surface area (Å²) in [7, 11) is 2.07. The second-order valence-corrected chi connectivity index (χ2v) is 5.35. The molecule has 0 saturated carbocycles. The first kappa shape index (κ1) is 12.4. The van der Waals surface area contributed by atoms with Crippen molar-refractivity contribution in [2.24, 2.45) is 0 Å². The van der Waals surface area contributed by atoms with Crippen molar-refractivity contribution in [2.45, 2.75) is 25.8 Å². The average Bonchev–Trinajstić information content (AvgIpc) is 2.80. The van der Waals surface area contributed by atoms with Crippen LogP contribution in [0.4, 0.5) is 5.82 Å². The van der Waals surface area contributed by atoms with Gasteiger partial charge in [0.2, 0.25) is 0 Å². The van der Waals surface area contributed by atoms with Crippen LogP contribution in [0.1, 0.15) is 29.4 Å². The van der Waals surface area contributed by atoms with Crippen LogP contribution in [-0.4, -0.2) is 17.0 Å². The van der Waals surface area contributed by atoms with Crippen molar-refractivity contribution in [3.8, 4) is 0 Å². The summed E-state index contributed by atoms with van der Waals surface area (Å²) in [6.45, 7) is 1.87. The number of rotatable bonds is 2. The van der Waals surface area contributed by atoms with E-state index in [1.54, 1.807) is 0 Å². The molecule has 1 aliphatic rings. The minimum Gasteiger partial charge on any atom is -0.352 e. The maximum absolute atomic E-state index is 6.02. The van der Waals surface area contributed by atoms with Crippen molar-refractivity contribution in [1.82, 2.24) is 9.97 Å². The molecule has 1 aromatic heterocycles. The van der Waals surface area contributed by atoms with Gasteiger partial charge in [0, 0.05) is 13.1 Å². The minimum absolute atomic E-state index is 0.376. The van der Waals surface area contributed by atoms with Crippen molar-refractivity contribution in [2.75, 3.05) is 11.9 Å². The van der Waals surface area contributed by atoms with E-state index in [4.69, 9.17) is 11.6 Å². The summed E-state index contributed by atoms with van der Waals surface area (Å²) in [5.74, 6) is 1.60. The van der Waals surface area contributed by atoms with Crippen molar-refractivity contribution in [3.05, 3.63) is 52.4 Å². The first-order valence-corrected chi connectivity index (χ1v) is 6.85. The Kier molecular flexibility index (Phi) is 3.15. The third kappa shape index (κ3) is 2.30. The molecule has 3 rings (SSSR count). The number of anilines is 1. The van der Waals surface area contributed by atoms with Gasteiger partial charge in [0.15, 0.2) is 0 Å². The van der Waals surface area contributed by atoms with Crippen molar-refractivity contribution in [1.29, 1.82) is 0 Å². The lowest BCUT2D eigenvalue weighted by Crippen LogP contribution is -2.23. The fourth-order valence-corrected chi connectivity index (χ4v) is 3.01. The molecule has 1 unspecified atom stereocenters. The lowest BCUT2D eigenvalue weighted by Gasteiger charge is -2.26. The monoisotopic (exact) mass is 273 g/mol. The number of aromatic nitrogens is 2. The first-order chi connectivity index (χ1) is 9.15. The molecule has 19 heavy (non-hydrogen) atoms. The second-order valence-electron chi connectivity index (χ2n) is 4.96. The Balaban J connectivity index is 1.95. The Morgan fingerprint density at radius 3 is 2.84 bits per heavy atom. The van der Waals surface area contributed by atoms with Crippen LogP contribution in [0.5, 0.6) is 0 Å². The highest BCUT2D eigenvalue weighted by Gasteiger charge is 2.26. The molecule has 3 nitrogen and oxygen atoms in total. The number of hydrogen-bond acceptors (Lipinski definition) is 3. The van der Waals surface area contributed by atoms with E-state index in [-0.39, 0.29) is 0 Å². The number of nitrogens with zero attached hydrogens (tertiary/aromatic N) is 3. The number of hydrogen-bond donors (Lipinski definition) is 0. The molecule has 4 heteroatoms. The van der Waals surface area contributed by atoms with Gasteiger partial charge < -0.3 is 4.90 Å². The largest absolute Gasteiger partial charge is 0.352 e. The Morgan fingerprint density at radius 2 is 2.05 bits per heavy atom. The molecule has 0 bridgehead atoms. The quantitative estimate of drug-likeness (QED) is 0.784. The summed E-state index contributed by atoms with van der Waals surface area (Å²) in [4.78, 5) is 10.8. The van der Waals surface area contributed by atoms with Crippen LogP contribution in [-0.2, 0) is 6.42 Å². The van der Waals surface area contributed by atoms with Gasteiger partial charge in [-0.1, -0.05) is 35.9 Å². The van der Waals surface area contributed by atoms with Crippen LogP contribution < -0.4 is 4.90 Å². The van der Waals surface area contributed by atoms with Gasteiger partial charge in [0.05, 0.1) is 6.04 Å². The smallest absolute Gasteiger partial charge is 0.134 e. The third-order valence-electron chi connectivity index (χ3n) is 3.72. The molecule has 0 fully saturated rings. The van der Waals surface area contributed by atoms with E-state index in [0.29, 0.717) is 17.0 Å². The average molecular weight is 274 g/mol. The first-order valence-electron chi connectivity index (χ1n) is 6.47. The zero-order valence-corrected chi connectivity index (χ0v) is 11.9. The maximum Gasteiger partial charge on any atom is 0.134 e. The molecular formula is C15H16ClN3. The molecule has 98 valence electrons. The summed E-state index contributed by atoms with van der Waals surface area (Å²) in [6.07, 6.45) is 2.25. The molecule has 1 aromatic carbocycles. The molecule has 1 atom stereocenters. The SMILES string of the molecule is Cc1nc(Cl)cc(N(C)C2CCc3ccccc32)n1. The Hall–Kier alpha value is -1.61. The molecule has 0 saturated heterocycles. The van der Waals surface area contributed by atoms with Gasteiger partial charge in [-0.3, -0.25) is 0 Å². The molecule has 0 N–H and O–H groups in total. The summed E-state index contributed by atoms with van der Waals surface area (Å²) in [5, 5.41) is 0.501. The van der Waals surface area contributed by atoms with E-state index in [1.807, 2.05) is 13.0 Å². The van der Waals surface area contributed by atoms with Gasteiger partial charge in [-0.05, 0) is 30.9 Å². The fraction of sp³-hybridized carbons (Fsp3) is 0.333. The molecule has 0 radical (unpaired) electrons. The van der Waals surface area contributed by atoms with Crippen LogP contribution in [0.25, 0.3) is 0 Å². The van der Waals surface area contributed by atoms with E-state index in [9.17, 15) is 0 Å². The Bertz CT molecular complexity index is 592. The predicted octanol–water partition coefficient (Wildman–Crippen LogP) is 3.56. The fourth-order valence-electron chi connectivity index (χ4n) is 2.79. The van der Waals surface area contributed by atoms with E-state index in [0.717, 1.165) is 18.7 Å². The zero-order valence-electron chi connectivity index (χ0n) is 11.1. The molecule has 2 aromatic rings. The van der Waals surface area contributed by atoms with Gasteiger partial charge in [-0.25, -0.2) is 9.97 Å². The van der Waals surface area contributed by atoms with E-state index in [2.05, 4.69) is 46.2 Å². The lowest BCUT2D eigenvalue weighted by molar-refractivity contribution is 0.653. The molecular weight excluding hydrogens is 258 g/mol. The molecule has 0 spiro atoms. The van der Waals surface area contributed by atoms with Crippen LogP contribution in [0.15, 0.2) is 30.3 Å². The lowest BCUT2D eigenvalue weighted by atomic mass is 10.1. The van der Waals surface area contributed by atoms with Crippen LogP contribution in [0.3, 0.4) is 0 Å². The van der Waals surface area contributed by atoms with Crippen molar-refractivity contribution >= 4 is 17.4 Å². The number of aryl methyl sites for hydroxylation is 2. The van der Waals surface area contributed by atoms with Crippen molar-refractivity contribution < 1.29 is 0 Å². The van der Waals surface area contributed by atoms with Crippen molar-refractivity contribution in [3.63, 3.8) is 0 Å². The molecule has 1 heterocycles. The summed E-state index contributed by atoms with van der Waals surface area (Å²) < 4.78 is 0. The van der Waals surface area contributed by atoms with E-state index in [1.165, 1.54) is 11.1 Å². The number of benzene rings is 1. The van der Waals surface area contributed by atoms with Crippen LogP contribution >= 0.6 is 11.6 Å². The van der Waals surface area contributed by atoms with Crippen LogP contribution in [0.2, 0.25) is 5.15 Å². The topological polar surface area (TPSA) is 29.0 Å². The zero-order chi connectivity index (χ0) is 13.4. The maximum atomic E-state index is 6.02. The molecule has 0 amide bonds. The molecule has 0 aliphatic heterocycles. The third-order valence-corrected chi connectivity index (χ3v) is 3.92. The van der Waals surface area contributed by atoms with Gasteiger partial charge in [0.1, 0.15) is 16.8 Å². The highest BCUT2D eigenvalue weighted by atomic mass is 35.5. The van der Waals surface area contributed by atoms with Gasteiger partial charge >= 0.3 is 0 Å². The normalized spacial score (nSPS) is 17.3. The second kappa shape index (κ2) is 4.82. The molecule has 1 aliphatic carbocycles.